The molecule has 0 saturated heterocycles. The van der Waals surface area contributed by atoms with E-state index < -0.39 is 0 Å². The highest BCUT2D eigenvalue weighted by atomic mass is 16.1. The number of aromatic nitrogens is 2. The fourth-order valence-corrected chi connectivity index (χ4v) is 3.78. The van der Waals surface area contributed by atoms with Crippen molar-refractivity contribution in [2.24, 2.45) is 0 Å². The average Bonchev–Trinajstić information content (AvgIpc) is 3.01. The lowest BCUT2D eigenvalue weighted by atomic mass is 9.88. The van der Waals surface area contributed by atoms with E-state index in [0.717, 1.165) is 21.8 Å². The second-order valence-electron chi connectivity index (χ2n) is 6.72. The number of nitrogens with zero attached hydrogens (tertiary/aromatic N) is 2. The summed E-state index contributed by atoms with van der Waals surface area (Å²) in [5, 5.41) is 1.95. The average molecular weight is 356 g/mol. The van der Waals surface area contributed by atoms with Crippen LogP contribution in [-0.4, -0.2) is 24.8 Å². The zero-order valence-electron chi connectivity index (χ0n) is 15.0. The van der Waals surface area contributed by atoms with Crippen LogP contribution in [0.1, 0.15) is 0 Å². The summed E-state index contributed by atoms with van der Waals surface area (Å²) in [6.07, 6.45) is 0. The van der Waals surface area contributed by atoms with E-state index >= 15 is 0 Å². The van der Waals surface area contributed by atoms with E-state index in [0.29, 0.717) is 22.3 Å². The van der Waals surface area contributed by atoms with Gasteiger partial charge in [0, 0.05) is 11.4 Å². The van der Waals surface area contributed by atoms with E-state index in [4.69, 9.17) is 15.7 Å². The van der Waals surface area contributed by atoms with Crippen LogP contribution in [0.3, 0.4) is 0 Å². The van der Waals surface area contributed by atoms with Gasteiger partial charge < -0.3 is 0 Å². The van der Waals surface area contributed by atoms with Crippen molar-refractivity contribution in [3.8, 4) is 11.4 Å². The molecule has 1 aromatic heterocycles. The molecule has 0 aliphatic rings. The molecule has 1 heterocycles. The summed E-state index contributed by atoms with van der Waals surface area (Å²) in [5.74, 6) is 0. The first kappa shape index (κ1) is 16.7. The lowest BCUT2D eigenvalue weighted by molar-refractivity contribution is 0.938. The standard InChI is InChI=1S/C23H14B2N2O/c24-17-9-3-4-10-18(17)26-19-11-5-6-12-20(19)27(23(26)28)21-14-13-15-7-1-2-8-16(15)22(21)25/h1-14H. The van der Waals surface area contributed by atoms with Gasteiger partial charge in [0.25, 0.3) is 0 Å². The van der Waals surface area contributed by atoms with Crippen molar-refractivity contribution in [3.63, 3.8) is 0 Å². The molecule has 0 fully saturated rings. The van der Waals surface area contributed by atoms with E-state index in [2.05, 4.69) is 0 Å². The minimum absolute atomic E-state index is 0.207. The third-order valence-electron chi connectivity index (χ3n) is 5.11. The van der Waals surface area contributed by atoms with Crippen LogP contribution in [0.25, 0.3) is 33.2 Å². The van der Waals surface area contributed by atoms with Gasteiger partial charge in [-0.1, -0.05) is 71.6 Å². The molecule has 5 rings (SSSR count). The summed E-state index contributed by atoms with van der Waals surface area (Å²) in [7, 11) is 12.7. The molecule has 3 nitrogen and oxygen atoms in total. The summed E-state index contributed by atoms with van der Waals surface area (Å²) in [4.78, 5) is 13.5. The van der Waals surface area contributed by atoms with Crippen LogP contribution in [0.4, 0.5) is 0 Å². The Morgan fingerprint density at radius 1 is 0.607 bits per heavy atom. The fourth-order valence-electron chi connectivity index (χ4n) is 3.78. The molecule has 0 unspecified atom stereocenters. The van der Waals surface area contributed by atoms with Crippen molar-refractivity contribution in [1.29, 1.82) is 0 Å². The quantitative estimate of drug-likeness (QED) is 0.447. The van der Waals surface area contributed by atoms with Gasteiger partial charge in [0.1, 0.15) is 15.7 Å². The van der Waals surface area contributed by atoms with Crippen LogP contribution in [0.2, 0.25) is 0 Å². The molecule has 4 aromatic carbocycles. The van der Waals surface area contributed by atoms with Gasteiger partial charge in [-0.2, -0.15) is 0 Å². The Labute approximate surface area is 164 Å². The molecule has 5 aromatic rings. The molecule has 0 amide bonds. The van der Waals surface area contributed by atoms with Crippen LogP contribution in [0, 0.1) is 0 Å². The van der Waals surface area contributed by atoms with E-state index in [1.54, 1.807) is 15.2 Å². The third kappa shape index (κ3) is 2.36. The maximum atomic E-state index is 13.5. The van der Waals surface area contributed by atoms with E-state index in [1.165, 1.54) is 0 Å². The first-order valence-corrected chi connectivity index (χ1v) is 9.02. The smallest absolute Gasteiger partial charge is 0.261 e. The van der Waals surface area contributed by atoms with Crippen LogP contribution in [-0.2, 0) is 0 Å². The molecule has 0 aliphatic heterocycles. The van der Waals surface area contributed by atoms with Crippen molar-refractivity contribution in [1.82, 2.24) is 9.13 Å². The third-order valence-corrected chi connectivity index (χ3v) is 5.11. The number of hydrogen-bond acceptors (Lipinski definition) is 1. The monoisotopic (exact) mass is 356 g/mol. The minimum Gasteiger partial charge on any atom is -0.261 e. The molecule has 4 radical (unpaired) electrons. The molecule has 0 spiro atoms. The SMILES string of the molecule is [B]c1ccccc1-n1c(=O)n(-c2ccc3ccccc3c2[B])c2ccccc21. The predicted molar refractivity (Wildman–Crippen MR) is 117 cm³/mol. The van der Waals surface area contributed by atoms with Gasteiger partial charge in [-0.25, -0.2) is 4.79 Å². The lowest BCUT2D eigenvalue weighted by Gasteiger charge is -2.11. The summed E-state index contributed by atoms with van der Waals surface area (Å²) in [6.45, 7) is 0. The minimum atomic E-state index is -0.207. The zero-order chi connectivity index (χ0) is 19.3. The van der Waals surface area contributed by atoms with E-state index in [-0.39, 0.29) is 5.69 Å². The number of hydrogen-bond donors (Lipinski definition) is 0. The van der Waals surface area contributed by atoms with Crippen molar-refractivity contribution in [3.05, 3.63) is 95.4 Å². The van der Waals surface area contributed by atoms with Gasteiger partial charge in [0.05, 0.1) is 11.0 Å². The second kappa shape index (κ2) is 6.31. The maximum Gasteiger partial charge on any atom is 0.338 e. The second-order valence-corrected chi connectivity index (χ2v) is 6.72. The Hall–Kier alpha value is -3.46. The highest BCUT2D eigenvalue weighted by Crippen LogP contribution is 2.21. The lowest BCUT2D eigenvalue weighted by Crippen LogP contribution is -2.28. The van der Waals surface area contributed by atoms with Crippen LogP contribution in [0.5, 0.6) is 0 Å². The highest BCUT2D eigenvalue weighted by Gasteiger charge is 2.18. The van der Waals surface area contributed by atoms with Gasteiger partial charge >= 0.3 is 5.69 Å². The largest absolute Gasteiger partial charge is 0.338 e. The molecule has 0 bridgehead atoms. The number of para-hydroxylation sites is 3. The summed E-state index contributed by atoms with van der Waals surface area (Å²) in [5.41, 5.74) is 3.77. The van der Waals surface area contributed by atoms with Gasteiger partial charge in [-0.15, -0.1) is 0 Å². The number of imidazole rings is 1. The van der Waals surface area contributed by atoms with Gasteiger partial charge in [0.15, 0.2) is 0 Å². The van der Waals surface area contributed by atoms with Crippen molar-refractivity contribution >= 4 is 48.4 Å². The highest BCUT2D eigenvalue weighted by molar-refractivity contribution is 6.41. The molecule has 0 N–H and O–H groups in total. The van der Waals surface area contributed by atoms with E-state index in [1.807, 2.05) is 78.9 Å². The molecular formula is C23H14B2N2O. The molecule has 0 saturated carbocycles. The zero-order valence-corrected chi connectivity index (χ0v) is 15.0. The number of fused-ring (bicyclic) bond motifs is 2. The summed E-state index contributed by atoms with van der Waals surface area (Å²) >= 11 is 0. The molecule has 128 valence electrons. The molecule has 0 atom stereocenters. The molecular weight excluding hydrogens is 342 g/mol. The Bertz CT molecular complexity index is 1420. The Morgan fingerprint density at radius 3 is 1.96 bits per heavy atom. The van der Waals surface area contributed by atoms with Crippen molar-refractivity contribution in [2.45, 2.75) is 0 Å². The molecule has 28 heavy (non-hydrogen) atoms. The first-order chi connectivity index (χ1) is 13.7. The number of benzene rings is 4. The van der Waals surface area contributed by atoms with Gasteiger partial charge in [-0.3, -0.25) is 9.13 Å². The van der Waals surface area contributed by atoms with Crippen molar-refractivity contribution < 1.29 is 0 Å². The first-order valence-electron chi connectivity index (χ1n) is 9.02. The van der Waals surface area contributed by atoms with Crippen LogP contribution < -0.4 is 16.6 Å². The predicted octanol–water partition coefficient (Wildman–Crippen LogP) is 2.52. The Balaban J connectivity index is 1.91. The van der Waals surface area contributed by atoms with Gasteiger partial charge in [-0.05, 0) is 35.0 Å². The summed E-state index contributed by atoms with van der Waals surface area (Å²) in [6, 6.07) is 26.8. The Kier molecular flexibility index (Phi) is 3.76. The maximum absolute atomic E-state index is 13.5. The number of rotatable bonds is 2. The van der Waals surface area contributed by atoms with Crippen molar-refractivity contribution in [2.75, 3.05) is 0 Å². The fraction of sp³-hybridized carbons (Fsp3) is 0. The molecule has 0 aliphatic carbocycles. The van der Waals surface area contributed by atoms with E-state index in [9.17, 15) is 4.79 Å². The molecule has 5 heteroatoms. The normalized spacial score (nSPS) is 11.3. The Morgan fingerprint density at radius 2 is 1.21 bits per heavy atom. The van der Waals surface area contributed by atoms with Crippen LogP contribution in [0.15, 0.2) is 89.7 Å². The van der Waals surface area contributed by atoms with Gasteiger partial charge in [0.2, 0.25) is 0 Å². The summed E-state index contributed by atoms with van der Waals surface area (Å²) < 4.78 is 3.29. The van der Waals surface area contributed by atoms with Crippen LogP contribution >= 0.6 is 0 Å². The topological polar surface area (TPSA) is 26.9 Å².